The number of nitrogens with zero attached hydrogens (tertiary/aromatic N) is 2. The average Bonchev–Trinajstić information content (AvgIpc) is 3.16. The van der Waals surface area contributed by atoms with E-state index in [1.165, 1.54) is 5.39 Å². The smallest absolute Gasteiger partial charge is 0.130 e. The summed E-state index contributed by atoms with van der Waals surface area (Å²) in [4.78, 5) is 4.68. The molecule has 5 rings (SSSR count). The Balaban J connectivity index is 1.43. The van der Waals surface area contributed by atoms with Crippen LogP contribution >= 0.6 is 0 Å². The summed E-state index contributed by atoms with van der Waals surface area (Å²) in [6.07, 6.45) is 2.09. The van der Waals surface area contributed by atoms with Gasteiger partial charge in [-0.1, -0.05) is 42.5 Å². The van der Waals surface area contributed by atoms with Gasteiger partial charge in [-0.3, -0.25) is 0 Å². The van der Waals surface area contributed by atoms with Crippen molar-refractivity contribution in [3.63, 3.8) is 0 Å². The van der Waals surface area contributed by atoms with Gasteiger partial charge in [0.15, 0.2) is 0 Å². The van der Waals surface area contributed by atoms with Crippen LogP contribution in [0.15, 0.2) is 97.2 Å². The first kappa shape index (κ1) is 15.6. The van der Waals surface area contributed by atoms with E-state index in [0.717, 1.165) is 33.6 Å². The minimum Gasteiger partial charge on any atom is -0.487 e. The van der Waals surface area contributed by atoms with Crippen molar-refractivity contribution in [1.29, 1.82) is 0 Å². The number of hydrogen-bond acceptors (Lipinski definition) is 2. The highest BCUT2D eigenvalue weighted by Gasteiger charge is 2.06. The molecule has 0 saturated carbocycles. The molecule has 27 heavy (non-hydrogen) atoms. The van der Waals surface area contributed by atoms with E-state index in [-0.39, 0.29) is 0 Å². The van der Waals surface area contributed by atoms with Crippen LogP contribution in [0.25, 0.3) is 27.5 Å². The zero-order valence-corrected chi connectivity index (χ0v) is 14.7. The van der Waals surface area contributed by atoms with Crippen molar-refractivity contribution in [3.05, 3.63) is 103 Å². The Labute approximate surface area is 157 Å². The lowest BCUT2D eigenvalue weighted by Gasteiger charge is -2.09. The van der Waals surface area contributed by atoms with E-state index in [1.54, 1.807) is 0 Å². The molecule has 0 aliphatic rings. The van der Waals surface area contributed by atoms with Crippen molar-refractivity contribution < 1.29 is 4.74 Å². The van der Waals surface area contributed by atoms with Crippen molar-refractivity contribution in [1.82, 2.24) is 9.55 Å². The summed E-state index contributed by atoms with van der Waals surface area (Å²) >= 11 is 0. The second kappa shape index (κ2) is 6.61. The van der Waals surface area contributed by atoms with Crippen LogP contribution in [0.2, 0.25) is 0 Å². The predicted molar refractivity (Wildman–Crippen MR) is 109 cm³/mol. The number of para-hydroxylation sites is 2. The summed E-state index contributed by atoms with van der Waals surface area (Å²) in [6.45, 7) is 0.447. The van der Waals surface area contributed by atoms with Crippen LogP contribution < -0.4 is 4.74 Å². The highest BCUT2D eigenvalue weighted by molar-refractivity contribution is 5.83. The highest BCUT2D eigenvalue weighted by atomic mass is 16.5. The molecule has 0 aliphatic carbocycles. The minimum atomic E-state index is 0.447. The van der Waals surface area contributed by atoms with E-state index in [4.69, 9.17) is 4.74 Å². The van der Waals surface area contributed by atoms with Crippen LogP contribution in [-0.4, -0.2) is 9.55 Å². The summed E-state index contributed by atoms with van der Waals surface area (Å²) in [6, 6.07) is 30.9. The number of ether oxygens (including phenoxy) is 1. The molecule has 0 fully saturated rings. The van der Waals surface area contributed by atoms with Gasteiger partial charge in [-0.2, -0.15) is 0 Å². The van der Waals surface area contributed by atoms with Gasteiger partial charge in [0.25, 0.3) is 0 Å². The number of fused-ring (bicyclic) bond motifs is 2. The van der Waals surface area contributed by atoms with Crippen LogP contribution in [0.3, 0.4) is 0 Å². The fourth-order valence-electron chi connectivity index (χ4n) is 3.36. The zero-order chi connectivity index (χ0) is 18.1. The van der Waals surface area contributed by atoms with Crippen molar-refractivity contribution in [2.24, 2.45) is 0 Å². The molecule has 3 aromatic carbocycles. The van der Waals surface area contributed by atoms with Gasteiger partial charge in [0.05, 0.1) is 16.7 Å². The molecular weight excluding hydrogens is 332 g/mol. The standard InChI is InChI=1S/C24H18N2O/c1-2-7-21(8-3-1)26-15-14-19-11-13-22(16-24(19)26)27-17-20-12-10-18-6-4-5-9-23(18)25-20/h1-16H,17H2. The normalized spacial score (nSPS) is 11.1. The minimum absolute atomic E-state index is 0.447. The number of benzene rings is 3. The summed E-state index contributed by atoms with van der Waals surface area (Å²) in [5.74, 6) is 0.841. The summed E-state index contributed by atoms with van der Waals surface area (Å²) in [7, 11) is 0. The molecule has 3 nitrogen and oxygen atoms in total. The molecule has 0 spiro atoms. The molecule has 130 valence electrons. The van der Waals surface area contributed by atoms with E-state index in [1.807, 2.05) is 48.5 Å². The summed E-state index contributed by atoms with van der Waals surface area (Å²) in [5.41, 5.74) is 4.19. The molecule has 0 aliphatic heterocycles. The summed E-state index contributed by atoms with van der Waals surface area (Å²) < 4.78 is 8.21. The number of rotatable bonds is 4. The maximum Gasteiger partial charge on any atom is 0.130 e. The predicted octanol–water partition coefficient (Wildman–Crippen LogP) is 5.76. The maximum absolute atomic E-state index is 6.03. The van der Waals surface area contributed by atoms with Gasteiger partial charge in [-0.25, -0.2) is 4.98 Å². The van der Waals surface area contributed by atoms with Gasteiger partial charge < -0.3 is 9.30 Å². The SMILES string of the molecule is c1ccc(-n2ccc3ccc(OCc4ccc5ccccc5n4)cc32)cc1. The first-order valence-electron chi connectivity index (χ1n) is 9.01. The molecule has 2 aromatic heterocycles. The third-order valence-corrected chi connectivity index (χ3v) is 4.74. The molecule has 0 saturated heterocycles. The Bertz CT molecular complexity index is 1230. The van der Waals surface area contributed by atoms with E-state index in [9.17, 15) is 0 Å². The molecule has 0 N–H and O–H groups in total. The van der Waals surface area contributed by atoms with Crippen molar-refractivity contribution in [2.45, 2.75) is 6.61 Å². The molecular formula is C24H18N2O. The second-order valence-corrected chi connectivity index (χ2v) is 6.53. The monoisotopic (exact) mass is 350 g/mol. The average molecular weight is 350 g/mol. The van der Waals surface area contributed by atoms with Gasteiger partial charge >= 0.3 is 0 Å². The van der Waals surface area contributed by atoms with Crippen LogP contribution in [-0.2, 0) is 6.61 Å². The third-order valence-electron chi connectivity index (χ3n) is 4.74. The lowest BCUT2D eigenvalue weighted by molar-refractivity contribution is 0.302. The molecule has 3 heteroatoms. The third kappa shape index (κ3) is 3.04. The summed E-state index contributed by atoms with van der Waals surface area (Å²) in [5, 5.41) is 2.33. The molecule has 0 radical (unpaired) electrons. The molecule has 5 aromatic rings. The Morgan fingerprint density at radius 3 is 2.48 bits per heavy atom. The van der Waals surface area contributed by atoms with Crippen LogP contribution in [0.5, 0.6) is 5.75 Å². The lowest BCUT2D eigenvalue weighted by atomic mass is 10.2. The van der Waals surface area contributed by atoms with Gasteiger partial charge in [-0.05, 0) is 42.5 Å². The van der Waals surface area contributed by atoms with E-state index in [2.05, 4.69) is 58.2 Å². The van der Waals surface area contributed by atoms with Crippen LogP contribution in [0.4, 0.5) is 0 Å². The maximum atomic E-state index is 6.03. The number of pyridine rings is 1. The fraction of sp³-hybridized carbons (Fsp3) is 0.0417. The number of aromatic nitrogens is 2. The van der Waals surface area contributed by atoms with E-state index in [0.29, 0.717) is 6.61 Å². The quantitative estimate of drug-likeness (QED) is 0.412. The van der Waals surface area contributed by atoms with Crippen molar-refractivity contribution in [2.75, 3.05) is 0 Å². The topological polar surface area (TPSA) is 27.1 Å². The molecule has 0 unspecified atom stereocenters. The molecule has 0 atom stereocenters. The fourth-order valence-corrected chi connectivity index (χ4v) is 3.36. The van der Waals surface area contributed by atoms with Gasteiger partial charge in [0.1, 0.15) is 12.4 Å². The first-order valence-corrected chi connectivity index (χ1v) is 9.01. The van der Waals surface area contributed by atoms with E-state index < -0.39 is 0 Å². The lowest BCUT2D eigenvalue weighted by Crippen LogP contribution is -1.99. The van der Waals surface area contributed by atoms with Crippen LogP contribution in [0, 0.1) is 0 Å². The number of hydrogen-bond donors (Lipinski definition) is 0. The first-order chi connectivity index (χ1) is 13.4. The van der Waals surface area contributed by atoms with Gasteiger partial charge in [0.2, 0.25) is 0 Å². The molecule has 2 heterocycles. The zero-order valence-electron chi connectivity index (χ0n) is 14.7. The van der Waals surface area contributed by atoms with Gasteiger partial charge in [0, 0.05) is 28.7 Å². The Morgan fingerprint density at radius 2 is 1.56 bits per heavy atom. The Hall–Kier alpha value is -3.59. The largest absolute Gasteiger partial charge is 0.487 e. The molecule has 0 amide bonds. The highest BCUT2D eigenvalue weighted by Crippen LogP contribution is 2.25. The second-order valence-electron chi connectivity index (χ2n) is 6.53. The Morgan fingerprint density at radius 1 is 0.741 bits per heavy atom. The van der Waals surface area contributed by atoms with Crippen LogP contribution in [0.1, 0.15) is 5.69 Å². The van der Waals surface area contributed by atoms with Gasteiger partial charge in [-0.15, -0.1) is 0 Å². The molecule has 0 bridgehead atoms. The van der Waals surface area contributed by atoms with Crippen molar-refractivity contribution >= 4 is 21.8 Å². The van der Waals surface area contributed by atoms with Crippen molar-refractivity contribution in [3.8, 4) is 11.4 Å². The van der Waals surface area contributed by atoms with E-state index >= 15 is 0 Å². The Kier molecular flexibility index (Phi) is 3.83.